The third-order valence-corrected chi connectivity index (χ3v) is 5.15. The average molecular weight is 298 g/mol. The summed E-state index contributed by atoms with van der Waals surface area (Å²) in [6.45, 7) is 1.90. The molecule has 0 aromatic carbocycles. The summed E-state index contributed by atoms with van der Waals surface area (Å²) in [6.07, 6.45) is 5.80. The number of hydrogen-bond acceptors (Lipinski definition) is 4. The third-order valence-electron chi connectivity index (χ3n) is 3.60. The van der Waals surface area contributed by atoms with Crippen LogP contribution in [-0.2, 0) is 10.0 Å². The highest BCUT2D eigenvalue weighted by Gasteiger charge is 2.32. The number of carboxylic acid groups (broad SMARTS) is 1. The first-order chi connectivity index (χ1) is 9.32. The van der Waals surface area contributed by atoms with Gasteiger partial charge in [0.2, 0.25) is 0 Å². The fraction of sp³-hybridized carbons (Fsp3) is 0.538. The first-order valence-electron chi connectivity index (χ1n) is 6.56. The number of sulfonamides is 1. The van der Waals surface area contributed by atoms with E-state index in [0.717, 1.165) is 38.3 Å². The number of aromatic nitrogens is 1. The Bertz CT molecular complexity index is 589. The van der Waals surface area contributed by atoms with Crippen LogP contribution in [-0.4, -0.2) is 30.0 Å². The van der Waals surface area contributed by atoms with Gasteiger partial charge >= 0.3 is 5.97 Å². The van der Waals surface area contributed by atoms with Gasteiger partial charge in [-0.1, -0.05) is 19.3 Å². The predicted molar refractivity (Wildman–Crippen MR) is 73.0 cm³/mol. The summed E-state index contributed by atoms with van der Waals surface area (Å²) in [5.74, 6) is -1.13. The molecule has 0 radical (unpaired) electrons. The molecule has 0 aliphatic heterocycles. The van der Waals surface area contributed by atoms with E-state index in [-0.39, 0.29) is 10.6 Å². The minimum Gasteiger partial charge on any atom is -0.478 e. The average Bonchev–Trinajstić information content (AvgIpc) is 2.38. The number of pyridine rings is 1. The summed E-state index contributed by atoms with van der Waals surface area (Å²) < 4.78 is 27.2. The fourth-order valence-electron chi connectivity index (χ4n) is 2.48. The lowest BCUT2D eigenvalue weighted by molar-refractivity contribution is 0.0696. The van der Waals surface area contributed by atoms with Gasteiger partial charge in [0.05, 0.1) is 5.56 Å². The SMILES string of the molecule is CC1(NS(=O)(=O)c2ccc(C(=O)O)cn2)CCCCC1. The van der Waals surface area contributed by atoms with Crippen molar-refractivity contribution in [1.29, 1.82) is 0 Å². The molecule has 1 aliphatic rings. The summed E-state index contributed by atoms with van der Waals surface area (Å²) >= 11 is 0. The van der Waals surface area contributed by atoms with Gasteiger partial charge in [-0.15, -0.1) is 0 Å². The highest BCUT2D eigenvalue weighted by Crippen LogP contribution is 2.29. The van der Waals surface area contributed by atoms with Gasteiger partial charge in [0, 0.05) is 11.7 Å². The van der Waals surface area contributed by atoms with Crippen molar-refractivity contribution < 1.29 is 18.3 Å². The number of aromatic carboxylic acids is 1. The van der Waals surface area contributed by atoms with Crippen LogP contribution < -0.4 is 4.72 Å². The van der Waals surface area contributed by atoms with Crippen molar-refractivity contribution in [3.05, 3.63) is 23.9 Å². The van der Waals surface area contributed by atoms with E-state index in [1.54, 1.807) is 0 Å². The number of carbonyl (C=O) groups is 1. The molecule has 1 fully saturated rings. The molecule has 1 saturated carbocycles. The molecule has 0 unspecified atom stereocenters. The van der Waals surface area contributed by atoms with Gasteiger partial charge in [0.25, 0.3) is 10.0 Å². The molecule has 0 spiro atoms. The van der Waals surface area contributed by atoms with E-state index in [9.17, 15) is 13.2 Å². The van der Waals surface area contributed by atoms with Gasteiger partial charge in [0.15, 0.2) is 5.03 Å². The highest BCUT2D eigenvalue weighted by atomic mass is 32.2. The van der Waals surface area contributed by atoms with E-state index >= 15 is 0 Å². The molecular formula is C13H18N2O4S. The summed E-state index contributed by atoms with van der Waals surface area (Å²) in [6, 6.07) is 2.46. The van der Waals surface area contributed by atoms with Crippen molar-refractivity contribution in [2.45, 2.75) is 49.6 Å². The van der Waals surface area contributed by atoms with E-state index < -0.39 is 21.5 Å². The van der Waals surface area contributed by atoms with Crippen LogP contribution in [0.2, 0.25) is 0 Å². The lowest BCUT2D eigenvalue weighted by atomic mass is 9.84. The molecule has 1 aromatic rings. The highest BCUT2D eigenvalue weighted by molar-refractivity contribution is 7.89. The van der Waals surface area contributed by atoms with Gasteiger partial charge < -0.3 is 5.11 Å². The van der Waals surface area contributed by atoms with E-state index in [0.29, 0.717) is 0 Å². The Morgan fingerprint density at radius 2 is 1.95 bits per heavy atom. The maximum atomic E-state index is 12.3. The summed E-state index contributed by atoms with van der Waals surface area (Å²) in [5.41, 5.74) is -0.475. The smallest absolute Gasteiger partial charge is 0.337 e. The number of carboxylic acids is 1. The topological polar surface area (TPSA) is 96.4 Å². The van der Waals surface area contributed by atoms with Crippen LogP contribution in [0.3, 0.4) is 0 Å². The van der Waals surface area contributed by atoms with Crippen molar-refractivity contribution in [3.8, 4) is 0 Å². The normalized spacial score (nSPS) is 18.6. The molecule has 1 aromatic heterocycles. The Morgan fingerprint density at radius 1 is 1.30 bits per heavy atom. The Labute approximate surface area is 118 Å². The zero-order valence-electron chi connectivity index (χ0n) is 11.3. The zero-order chi connectivity index (χ0) is 14.8. The van der Waals surface area contributed by atoms with E-state index in [2.05, 4.69) is 9.71 Å². The minimum absolute atomic E-state index is 0.0344. The zero-order valence-corrected chi connectivity index (χ0v) is 12.1. The van der Waals surface area contributed by atoms with Gasteiger partial charge in [-0.3, -0.25) is 0 Å². The third kappa shape index (κ3) is 3.34. The molecule has 6 nitrogen and oxygen atoms in total. The molecule has 110 valence electrons. The van der Waals surface area contributed by atoms with E-state index in [1.165, 1.54) is 12.1 Å². The first-order valence-corrected chi connectivity index (χ1v) is 8.04. The van der Waals surface area contributed by atoms with Crippen molar-refractivity contribution in [1.82, 2.24) is 9.71 Å². The molecule has 0 atom stereocenters. The van der Waals surface area contributed by atoms with Crippen molar-refractivity contribution in [3.63, 3.8) is 0 Å². The molecule has 0 amide bonds. The number of nitrogens with one attached hydrogen (secondary N) is 1. The first kappa shape index (κ1) is 14.9. The minimum atomic E-state index is -3.71. The number of hydrogen-bond donors (Lipinski definition) is 2. The van der Waals surface area contributed by atoms with Crippen molar-refractivity contribution in [2.24, 2.45) is 0 Å². The Hall–Kier alpha value is -1.47. The van der Waals surface area contributed by atoms with Crippen LogP contribution in [0.25, 0.3) is 0 Å². The van der Waals surface area contributed by atoms with Crippen LogP contribution in [0.4, 0.5) is 0 Å². The quantitative estimate of drug-likeness (QED) is 0.883. The van der Waals surface area contributed by atoms with Crippen LogP contribution in [0.1, 0.15) is 49.4 Å². The predicted octanol–water partition coefficient (Wildman–Crippen LogP) is 1.78. The lowest BCUT2D eigenvalue weighted by Crippen LogP contribution is -2.47. The van der Waals surface area contributed by atoms with Gasteiger partial charge in [-0.2, -0.15) is 0 Å². The lowest BCUT2D eigenvalue weighted by Gasteiger charge is -2.33. The summed E-state index contributed by atoms with van der Waals surface area (Å²) in [7, 11) is -3.71. The maximum absolute atomic E-state index is 12.3. The monoisotopic (exact) mass is 298 g/mol. The Balaban J connectivity index is 2.19. The number of nitrogens with zero attached hydrogens (tertiary/aromatic N) is 1. The Morgan fingerprint density at radius 3 is 2.45 bits per heavy atom. The molecule has 7 heteroatoms. The molecule has 0 bridgehead atoms. The molecule has 0 saturated heterocycles. The molecule has 1 heterocycles. The second-order valence-electron chi connectivity index (χ2n) is 5.42. The molecular weight excluding hydrogens is 280 g/mol. The van der Waals surface area contributed by atoms with Crippen LogP contribution in [0, 0.1) is 0 Å². The molecule has 2 rings (SSSR count). The second kappa shape index (κ2) is 5.49. The van der Waals surface area contributed by atoms with E-state index in [4.69, 9.17) is 5.11 Å². The fourth-order valence-corrected chi connectivity index (χ4v) is 3.87. The van der Waals surface area contributed by atoms with Crippen molar-refractivity contribution >= 4 is 16.0 Å². The van der Waals surface area contributed by atoms with Crippen LogP contribution in [0.5, 0.6) is 0 Å². The molecule has 1 aliphatic carbocycles. The number of rotatable bonds is 4. The largest absolute Gasteiger partial charge is 0.478 e. The molecule has 20 heavy (non-hydrogen) atoms. The second-order valence-corrected chi connectivity index (χ2v) is 7.05. The van der Waals surface area contributed by atoms with Crippen molar-refractivity contribution in [2.75, 3.05) is 0 Å². The van der Waals surface area contributed by atoms with Gasteiger partial charge in [-0.25, -0.2) is 22.9 Å². The van der Waals surface area contributed by atoms with Crippen LogP contribution in [0.15, 0.2) is 23.4 Å². The van der Waals surface area contributed by atoms with E-state index in [1.807, 2.05) is 6.92 Å². The van der Waals surface area contributed by atoms with Gasteiger partial charge in [-0.05, 0) is 31.9 Å². The summed E-state index contributed by atoms with van der Waals surface area (Å²) in [5, 5.41) is 8.63. The standard InChI is InChI=1S/C13H18N2O4S/c1-13(7-3-2-4-8-13)15-20(18,19)11-6-5-10(9-14-11)12(16)17/h5-6,9,15H,2-4,7-8H2,1H3,(H,16,17). The maximum Gasteiger partial charge on any atom is 0.337 e. The van der Waals surface area contributed by atoms with Gasteiger partial charge in [0.1, 0.15) is 0 Å². The summed E-state index contributed by atoms with van der Waals surface area (Å²) in [4.78, 5) is 14.5. The molecule has 2 N–H and O–H groups in total. The van der Waals surface area contributed by atoms with Crippen LogP contribution >= 0.6 is 0 Å². The Kier molecular flexibility index (Phi) is 4.10.